The van der Waals surface area contributed by atoms with Gasteiger partial charge in [-0.3, -0.25) is 4.90 Å². The van der Waals surface area contributed by atoms with Crippen molar-refractivity contribution in [3.63, 3.8) is 0 Å². The molecule has 0 heterocycles. The summed E-state index contributed by atoms with van der Waals surface area (Å²) in [4.78, 5) is 2.25. The van der Waals surface area contributed by atoms with E-state index in [1.807, 2.05) is 18.2 Å². The first-order valence-corrected chi connectivity index (χ1v) is 7.44. The van der Waals surface area contributed by atoms with Gasteiger partial charge in [-0.25, -0.2) is 0 Å². The molecule has 20 heavy (non-hydrogen) atoms. The average Bonchev–Trinajstić information content (AvgIpc) is 2.42. The molecule has 112 valence electrons. The summed E-state index contributed by atoms with van der Waals surface area (Å²) in [5, 5.41) is 18.6. The Hall–Kier alpha value is -0.940. The molecule has 1 unspecified atom stereocenters. The van der Waals surface area contributed by atoms with E-state index in [-0.39, 0.29) is 6.61 Å². The predicted molar refractivity (Wildman–Crippen MR) is 78.4 cm³/mol. The van der Waals surface area contributed by atoms with Crippen molar-refractivity contribution in [1.82, 2.24) is 4.90 Å². The molecule has 0 spiro atoms. The highest BCUT2D eigenvalue weighted by molar-refractivity contribution is 5.13. The van der Waals surface area contributed by atoms with Crippen molar-refractivity contribution < 1.29 is 14.9 Å². The fourth-order valence-corrected chi connectivity index (χ4v) is 2.45. The number of nitrogens with zero attached hydrogens (tertiary/aromatic N) is 1. The van der Waals surface area contributed by atoms with Crippen LogP contribution < -0.4 is 0 Å². The van der Waals surface area contributed by atoms with E-state index in [4.69, 9.17) is 9.84 Å². The Morgan fingerprint density at radius 1 is 1.25 bits per heavy atom. The summed E-state index contributed by atoms with van der Waals surface area (Å²) < 4.78 is 5.70. The summed E-state index contributed by atoms with van der Waals surface area (Å²) in [7, 11) is 0. The van der Waals surface area contributed by atoms with Gasteiger partial charge >= 0.3 is 0 Å². The van der Waals surface area contributed by atoms with Crippen molar-refractivity contribution in [3.8, 4) is 0 Å². The van der Waals surface area contributed by atoms with Gasteiger partial charge in [-0.15, -0.1) is 0 Å². The molecule has 0 radical (unpaired) electrons. The van der Waals surface area contributed by atoms with E-state index in [0.717, 1.165) is 6.54 Å². The van der Waals surface area contributed by atoms with Crippen molar-refractivity contribution >= 4 is 0 Å². The molecule has 2 N–H and O–H groups in total. The summed E-state index contributed by atoms with van der Waals surface area (Å²) in [6.45, 7) is 2.46. The quantitative estimate of drug-likeness (QED) is 0.671. The first kappa shape index (κ1) is 15.4. The molecule has 1 atom stereocenters. The van der Waals surface area contributed by atoms with Gasteiger partial charge in [0.25, 0.3) is 0 Å². The normalized spacial score (nSPS) is 17.1. The maximum Gasteiger partial charge on any atom is 0.0897 e. The van der Waals surface area contributed by atoms with Crippen LogP contribution in [0.3, 0.4) is 0 Å². The molecule has 0 aromatic heterocycles. The topological polar surface area (TPSA) is 52.9 Å². The van der Waals surface area contributed by atoms with Crippen LogP contribution in [0.4, 0.5) is 0 Å². The molecule has 0 saturated heterocycles. The first-order valence-electron chi connectivity index (χ1n) is 7.44. The second-order valence-corrected chi connectivity index (χ2v) is 5.45. The molecule has 4 heteroatoms. The molecule has 0 amide bonds. The molecule has 1 aromatic carbocycles. The Kier molecular flexibility index (Phi) is 6.47. The van der Waals surface area contributed by atoms with Gasteiger partial charge in [-0.2, -0.15) is 0 Å². The molecule has 1 aliphatic rings. The SMILES string of the molecule is OCC(O)CN(CCOCc1ccccc1)C1CCC1. The van der Waals surface area contributed by atoms with E-state index in [1.54, 1.807) is 0 Å². The van der Waals surface area contributed by atoms with Gasteiger partial charge in [-0.05, 0) is 18.4 Å². The van der Waals surface area contributed by atoms with Gasteiger partial charge in [0.1, 0.15) is 0 Å². The van der Waals surface area contributed by atoms with E-state index in [0.29, 0.717) is 25.8 Å². The fraction of sp³-hybridized carbons (Fsp3) is 0.625. The Balaban J connectivity index is 1.68. The van der Waals surface area contributed by atoms with E-state index < -0.39 is 6.10 Å². The zero-order chi connectivity index (χ0) is 14.2. The second-order valence-electron chi connectivity index (χ2n) is 5.45. The second kappa shape index (κ2) is 8.37. The summed E-state index contributed by atoms with van der Waals surface area (Å²) in [5.41, 5.74) is 1.18. The minimum atomic E-state index is -0.648. The maximum absolute atomic E-state index is 9.60. The zero-order valence-electron chi connectivity index (χ0n) is 11.9. The lowest BCUT2D eigenvalue weighted by Gasteiger charge is -2.38. The number of hydrogen-bond acceptors (Lipinski definition) is 4. The van der Waals surface area contributed by atoms with Crippen molar-refractivity contribution in [2.75, 3.05) is 26.3 Å². The van der Waals surface area contributed by atoms with Gasteiger partial charge in [0.05, 0.1) is 25.9 Å². The minimum absolute atomic E-state index is 0.173. The largest absolute Gasteiger partial charge is 0.394 e. The highest BCUT2D eigenvalue weighted by Crippen LogP contribution is 2.24. The van der Waals surface area contributed by atoms with Gasteiger partial charge in [0.2, 0.25) is 0 Å². The zero-order valence-corrected chi connectivity index (χ0v) is 11.9. The Morgan fingerprint density at radius 3 is 2.60 bits per heavy atom. The van der Waals surface area contributed by atoms with Crippen LogP contribution in [0.25, 0.3) is 0 Å². The van der Waals surface area contributed by atoms with E-state index >= 15 is 0 Å². The maximum atomic E-state index is 9.60. The third kappa shape index (κ3) is 4.87. The molecular formula is C16H25NO3. The predicted octanol–water partition coefficient (Wildman–Crippen LogP) is 1.41. The van der Waals surface area contributed by atoms with Crippen molar-refractivity contribution in [3.05, 3.63) is 35.9 Å². The van der Waals surface area contributed by atoms with Gasteiger partial charge < -0.3 is 14.9 Å². The molecular weight excluding hydrogens is 254 g/mol. The van der Waals surface area contributed by atoms with E-state index in [1.165, 1.54) is 24.8 Å². The summed E-state index contributed by atoms with van der Waals surface area (Å²) in [5.74, 6) is 0. The van der Waals surface area contributed by atoms with Crippen LogP contribution >= 0.6 is 0 Å². The van der Waals surface area contributed by atoms with Crippen LogP contribution in [0.5, 0.6) is 0 Å². The molecule has 1 saturated carbocycles. The Bertz CT molecular complexity index is 367. The fourth-order valence-electron chi connectivity index (χ4n) is 2.45. The number of ether oxygens (including phenoxy) is 1. The highest BCUT2D eigenvalue weighted by atomic mass is 16.5. The summed E-state index contributed by atoms with van der Waals surface area (Å²) in [6, 6.07) is 10.7. The van der Waals surface area contributed by atoms with Gasteiger partial charge in [0, 0.05) is 19.1 Å². The molecule has 1 aromatic rings. The van der Waals surface area contributed by atoms with Crippen LogP contribution in [0.2, 0.25) is 0 Å². The van der Waals surface area contributed by atoms with Gasteiger partial charge in [-0.1, -0.05) is 36.8 Å². The summed E-state index contributed by atoms with van der Waals surface area (Å²) >= 11 is 0. The van der Waals surface area contributed by atoms with Crippen molar-refractivity contribution in [2.45, 2.75) is 38.0 Å². The number of aliphatic hydroxyl groups excluding tert-OH is 2. The lowest BCUT2D eigenvalue weighted by molar-refractivity contribution is 0.00846. The molecule has 0 bridgehead atoms. The first-order chi connectivity index (χ1) is 9.79. The molecule has 0 aliphatic heterocycles. The number of aliphatic hydroxyl groups is 2. The monoisotopic (exact) mass is 279 g/mol. The average molecular weight is 279 g/mol. The lowest BCUT2D eigenvalue weighted by atomic mass is 9.91. The minimum Gasteiger partial charge on any atom is -0.394 e. The van der Waals surface area contributed by atoms with Crippen LogP contribution in [0.15, 0.2) is 30.3 Å². The molecule has 1 aliphatic carbocycles. The molecule has 4 nitrogen and oxygen atoms in total. The van der Waals surface area contributed by atoms with Crippen molar-refractivity contribution in [1.29, 1.82) is 0 Å². The third-order valence-electron chi connectivity index (χ3n) is 3.88. The van der Waals surface area contributed by atoms with Crippen LogP contribution in [0, 0.1) is 0 Å². The Morgan fingerprint density at radius 2 is 2.00 bits per heavy atom. The standard InChI is InChI=1S/C16H25NO3/c18-12-16(19)11-17(15-7-4-8-15)9-10-20-13-14-5-2-1-3-6-14/h1-3,5-6,15-16,18-19H,4,7-13H2. The number of benzene rings is 1. The van der Waals surface area contributed by atoms with Crippen LogP contribution in [0.1, 0.15) is 24.8 Å². The van der Waals surface area contributed by atoms with Crippen LogP contribution in [-0.4, -0.2) is 53.6 Å². The van der Waals surface area contributed by atoms with E-state index in [2.05, 4.69) is 17.0 Å². The number of rotatable bonds is 9. The number of hydrogen-bond donors (Lipinski definition) is 2. The van der Waals surface area contributed by atoms with Gasteiger partial charge in [0.15, 0.2) is 0 Å². The third-order valence-corrected chi connectivity index (χ3v) is 3.88. The highest BCUT2D eigenvalue weighted by Gasteiger charge is 2.25. The van der Waals surface area contributed by atoms with E-state index in [9.17, 15) is 5.11 Å². The lowest BCUT2D eigenvalue weighted by Crippen LogP contribution is -2.46. The van der Waals surface area contributed by atoms with Crippen molar-refractivity contribution in [2.24, 2.45) is 0 Å². The molecule has 1 fully saturated rings. The summed E-state index contributed by atoms with van der Waals surface area (Å²) in [6.07, 6.45) is 3.00. The smallest absolute Gasteiger partial charge is 0.0897 e. The molecule has 2 rings (SSSR count). The Labute approximate surface area is 121 Å². The van der Waals surface area contributed by atoms with Crippen LogP contribution in [-0.2, 0) is 11.3 Å².